The molecular formula is C21H16N2O4S. The van der Waals surface area contributed by atoms with Gasteiger partial charge in [-0.1, -0.05) is 42.5 Å². The molecule has 0 radical (unpaired) electrons. The number of para-hydroxylation sites is 2. The van der Waals surface area contributed by atoms with Crippen molar-refractivity contribution in [2.75, 3.05) is 0 Å². The highest BCUT2D eigenvalue weighted by molar-refractivity contribution is 7.90. The number of rotatable bonds is 3. The first-order valence-corrected chi connectivity index (χ1v) is 10.00. The molecular weight excluding hydrogens is 376 g/mol. The second-order valence-corrected chi connectivity index (χ2v) is 8.15. The molecule has 0 amide bonds. The molecule has 140 valence electrons. The molecule has 0 saturated heterocycles. The van der Waals surface area contributed by atoms with Gasteiger partial charge in [0.25, 0.3) is 15.9 Å². The van der Waals surface area contributed by atoms with Crippen LogP contribution in [0.15, 0.2) is 88.6 Å². The maximum Gasteiger partial charge on any atom is 0.350 e. The van der Waals surface area contributed by atoms with Crippen LogP contribution in [-0.4, -0.2) is 22.9 Å². The Bertz CT molecular complexity index is 1370. The number of imidazole rings is 1. The molecule has 7 heteroatoms. The SMILES string of the molecule is Cc1cccc(S(=O)(=O)n2c(=O)n(C(=O)c3ccccc3)c3ccccc32)c1. The molecule has 0 atom stereocenters. The van der Waals surface area contributed by atoms with Crippen molar-refractivity contribution in [3.8, 4) is 0 Å². The summed E-state index contributed by atoms with van der Waals surface area (Å²) in [4.78, 5) is 26.1. The molecule has 0 saturated carbocycles. The van der Waals surface area contributed by atoms with Crippen LogP contribution < -0.4 is 5.69 Å². The zero-order valence-electron chi connectivity index (χ0n) is 14.9. The lowest BCUT2D eigenvalue weighted by Gasteiger charge is -2.06. The maximum atomic E-state index is 13.2. The summed E-state index contributed by atoms with van der Waals surface area (Å²) in [7, 11) is -4.18. The van der Waals surface area contributed by atoms with Crippen molar-refractivity contribution < 1.29 is 13.2 Å². The van der Waals surface area contributed by atoms with E-state index in [0.29, 0.717) is 9.54 Å². The lowest BCUT2D eigenvalue weighted by atomic mass is 10.2. The Labute approximate surface area is 161 Å². The van der Waals surface area contributed by atoms with E-state index in [1.54, 1.807) is 67.6 Å². The van der Waals surface area contributed by atoms with E-state index in [9.17, 15) is 18.0 Å². The maximum absolute atomic E-state index is 13.2. The van der Waals surface area contributed by atoms with E-state index >= 15 is 0 Å². The van der Waals surface area contributed by atoms with E-state index < -0.39 is 21.6 Å². The second kappa shape index (κ2) is 6.61. The van der Waals surface area contributed by atoms with Crippen LogP contribution in [0.2, 0.25) is 0 Å². The first-order valence-electron chi connectivity index (χ1n) is 8.56. The number of benzene rings is 3. The van der Waals surface area contributed by atoms with Crippen LogP contribution >= 0.6 is 0 Å². The molecule has 0 aliphatic rings. The normalized spacial score (nSPS) is 11.6. The Morgan fingerprint density at radius 2 is 1.46 bits per heavy atom. The molecule has 0 unspecified atom stereocenters. The largest absolute Gasteiger partial charge is 0.350 e. The molecule has 0 fully saturated rings. The highest BCUT2D eigenvalue weighted by atomic mass is 32.2. The quantitative estimate of drug-likeness (QED) is 0.537. The summed E-state index contributed by atoms with van der Waals surface area (Å²) < 4.78 is 28.1. The van der Waals surface area contributed by atoms with E-state index in [2.05, 4.69) is 0 Å². The van der Waals surface area contributed by atoms with Gasteiger partial charge in [0.15, 0.2) is 0 Å². The van der Waals surface area contributed by atoms with Crippen molar-refractivity contribution in [3.05, 3.63) is 100 Å². The van der Waals surface area contributed by atoms with Crippen LogP contribution in [0.3, 0.4) is 0 Å². The van der Waals surface area contributed by atoms with Crippen LogP contribution in [0.1, 0.15) is 15.9 Å². The minimum atomic E-state index is -4.18. The van der Waals surface area contributed by atoms with Gasteiger partial charge in [0.2, 0.25) is 0 Å². The minimum Gasteiger partial charge on any atom is -0.268 e. The van der Waals surface area contributed by atoms with Gasteiger partial charge < -0.3 is 0 Å². The lowest BCUT2D eigenvalue weighted by Crippen LogP contribution is -2.33. The number of hydrogen-bond donors (Lipinski definition) is 0. The monoisotopic (exact) mass is 392 g/mol. The summed E-state index contributed by atoms with van der Waals surface area (Å²) in [6, 6.07) is 20.9. The predicted octanol–water partition coefficient (Wildman–Crippen LogP) is 3.04. The van der Waals surface area contributed by atoms with E-state index in [-0.39, 0.29) is 15.9 Å². The molecule has 0 aliphatic heterocycles. The average molecular weight is 392 g/mol. The molecule has 3 aromatic carbocycles. The summed E-state index contributed by atoms with van der Waals surface area (Å²) in [5.41, 5.74) is 0.506. The van der Waals surface area contributed by atoms with Gasteiger partial charge in [0.05, 0.1) is 15.9 Å². The van der Waals surface area contributed by atoms with Crippen molar-refractivity contribution in [1.82, 2.24) is 8.54 Å². The Morgan fingerprint density at radius 1 is 0.821 bits per heavy atom. The van der Waals surface area contributed by atoms with Crippen molar-refractivity contribution >= 4 is 27.0 Å². The highest BCUT2D eigenvalue weighted by Crippen LogP contribution is 2.21. The fourth-order valence-electron chi connectivity index (χ4n) is 3.14. The third-order valence-corrected chi connectivity index (χ3v) is 6.14. The smallest absolute Gasteiger partial charge is 0.268 e. The van der Waals surface area contributed by atoms with Crippen LogP contribution in [0.25, 0.3) is 11.0 Å². The molecule has 0 spiro atoms. The van der Waals surface area contributed by atoms with Crippen LogP contribution in [0.5, 0.6) is 0 Å². The lowest BCUT2D eigenvalue weighted by molar-refractivity contribution is 0.0961. The number of carbonyl (C=O) groups is 1. The number of fused-ring (bicyclic) bond motifs is 1. The molecule has 1 heterocycles. The van der Waals surface area contributed by atoms with Crippen LogP contribution in [0, 0.1) is 6.92 Å². The molecule has 0 bridgehead atoms. The van der Waals surface area contributed by atoms with Gasteiger partial charge in [0, 0.05) is 5.56 Å². The third kappa shape index (κ3) is 2.76. The van der Waals surface area contributed by atoms with Crippen molar-refractivity contribution in [2.24, 2.45) is 0 Å². The standard InChI is InChI=1S/C21H16N2O4S/c1-15-8-7-11-17(14-15)28(26,27)23-19-13-6-5-12-18(19)22(21(23)25)20(24)16-9-3-2-4-10-16/h2-14H,1H3. The molecule has 4 rings (SSSR count). The highest BCUT2D eigenvalue weighted by Gasteiger charge is 2.27. The predicted molar refractivity (Wildman–Crippen MR) is 106 cm³/mol. The van der Waals surface area contributed by atoms with Crippen molar-refractivity contribution in [3.63, 3.8) is 0 Å². The van der Waals surface area contributed by atoms with Gasteiger partial charge in [-0.15, -0.1) is 0 Å². The van der Waals surface area contributed by atoms with Gasteiger partial charge in [-0.05, 0) is 48.9 Å². The molecule has 28 heavy (non-hydrogen) atoms. The van der Waals surface area contributed by atoms with Crippen LogP contribution in [-0.2, 0) is 10.0 Å². The fraction of sp³-hybridized carbons (Fsp3) is 0.0476. The zero-order valence-corrected chi connectivity index (χ0v) is 15.8. The van der Waals surface area contributed by atoms with Gasteiger partial charge in [-0.3, -0.25) is 4.79 Å². The number of aryl methyl sites for hydroxylation is 1. The fourth-order valence-corrected chi connectivity index (χ4v) is 4.64. The number of carbonyl (C=O) groups excluding carboxylic acids is 1. The van der Waals surface area contributed by atoms with Gasteiger partial charge in [-0.2, -0.15) is 3.97 Å². The Kier molecular flexibility index (Phi) is 4.24. The van der Waals surface area contributed by atoms with Gasteiger partial charge in [0.1, 0.15) is 0 Å². The Balaban J connectivity index is 2.03. The zero-order chi connectivity index (χ0) is 19.9. The number of aromatic nitrogens is 2. The van der Waals surface area contributed by atoms with Crippen molar-refractivity contribution in [2.45, 2.75) is 11.8 Å². The van der Waals surface area contributed by atoms with Gasteiger partial charge in [-0.25, -0.2) is 17.8 Å². The first-order chi connectivity index (χ1) is 13.4. The van der Waals surface area contributed by atoms with E-state index in [1.807, 2.05) is 0 Å². The van der Waals surface area contributed by atoms with Gasteiger partial charge >= 0.3 is 5.69 Å². The summed E-state index contributed by atoms with van der Waals surface area (Å²) in [6.45, 7) is 1.77. The minimum absolute atomic E-state index is 0.00957. The second-order valence-electron chi connectivity index (χ2n) is 6.36. The van der Waals surface area contributed by atoms with E-state index in [0.717, 1.165) is 10.1 Å². The Hall–Kier alpha value is -3.45. The Morgan fingerprint density at radius 3 is 2.14 bits per heavy atom. The summed E-state index contributed by atoms with van der Waals surface area (Å²) in [5, 5.41) is 0. The average Bonchev–Trinajstić information content (AvgIpc) is 3.00. The third-order valence-electron chi connectivity index (χ3n) is 4.46. The number of hydrogen-bond acceptors (Lipinski definition) is 4. The molecule has 1 aromatic heterocycles. The molecule has 6 nitrogen and oxygen atoms in total. The first kappa shape index (κ1) is 17.9. The molecule has 4 aromatic rings. The number of nitrogens with zero attached hydrogens (tertiary/aromatic N) is 2. The topological polar surface area (TPSA) is 78.1 Å². The van der Waals surface area contributed by atoms with E-state index in [1.165, 1.54) is 18.2 Å². The molecule has 0 N–H and O–H groups in total. The van der Waals surface area contributed by atoms with Crippen molar-refractivity contribution in [1.29, 1.82) is 0 Å². The molecule has 0 aliphatic carbocycles. The van der Waals surface area contributed by atoms with E-state index in [4.69, 9.17) is 0 Å². The summed E-state index contributed by atoms with van der Waals surface area (Å²) in [6.07, 6.45) is 0. The summed E-state index contributed by atoms with van der Waals surface area (Å²) >= 11 is 0. The summed E-state index contributed by atoms with van der Waals surface area (Å²) in [5.74, 6) is -0.583. The van der Waals surface area contributed by atoms with Crippen LogP contribution in [0.4, 0.5) is 0 Å².